The summed E-state index contributed by atoms with van der Waals surface area (Å²) in [6, 6.07) is 20.4. The Labute approximate surface area is 168 Å². The largest absolute Gasteiger partial charge is 0.508 e. The minimum atomic E-state index is 0.124. The molecule has 0 atom stereocenters. The molecule has 144 valence electrons. The van der Waals surface area contributed by atoms with Gasteiger partial charge in [-0.2, -0.15) is 0 Å². The number of hydrogen-bond donors (Lipinski definition) is 3. The fraction of sp³-hybridized carbons (Fsp3) is 0.130. The molecule has 1 aromatic heterocycles. The number of aliphatic hydroxyl groups excluding tert-OH is 1. The van der Waals surface area contributed by atoms with Gasteiger partial charge in [0.25, 0.3) is 0 Å². The molecule has 4 aromatic rings. The number of phenols is 2. The lowest BCUT2D eigenvalue weighted by Crippen LogP contribution is -1.97. The van der Waals surface area contributed by atoms with Gasteiger partial charge in [-0.15, -0.1) is 0 Å². The maximum absolute atomic E-state index is 10.4. The maximum Gasteiger partial charge on any atom is 0.139 e. The number of aromatic nitrogens is 1. The first kappa shape index (κ1) is 19.8. The van der Waals surface area contributed by atoms with E-state index in [2.05, 4.69) is 0 Å². The van der Waals surface area contributed by atoms with E-state index in [1.165, 1.54) is 5.56 Å². The van der Waals surface area contributed by atoms with Crippen molar-refractivity contribution in [2.75, 3.05) is 6.61 Å². The summed E-state index contributed by atoms with van der Waals surface area (Å²) in [5.41, 5.74) is 4.48. The Balaban J connectivity index is 0.000000706. The molecule has 4 nitrogen and oxygen atoms in total. The van der Waals surface area contributed by atoms with Crippen LogP contribution in [-0.2, 0) is 0 Å². The number of fused-ring (bicyclic) bond motifs is 1. The van der Waals surface area contributed by atoms with E-state index in [1.54, 1.807) is 37.3 Å². The molecule has 0 aliphatic carbocycles. The van der Waals surface area contributed by atoms with Crippen molar-refractivity contribution < 1.29 is 15.3 Å². The summed E-state index contributed by atoms with van der Waals surface area (Å²) in [7, 11) is 0. The zero-order chi connectivity index (χ0) is 20.3. The summed E-state index contributed by atoms with van der Waals surface area (Å²) in [5, 5.41) is 29.4. The second kappa shape index (κ2) is 8.38. The zero-order valence-corrected chi connectivity index (χ0v) is 16.5. The molecule has 0 aliphatic rings. The standard InChI is InChI=1S/C21H16ClNO2.C2H6O/c1-13-2-4-14(5-3-13)18-10-15-6-8-17(24)12-19(15)23(18)20-11-16(22)7-9-21(20)25;1-2-3/h2-12,24-25H,1H3;3H,2H2,1H3. The number of rotatable bonds is 2. The van der Waals surface area contributed by atoms with Crippen LogP contribution in [0.1, 0.15) is 12.5 Å². The van der Waals surface area contributed by atoms with Crippen LogP contribution in [0, 0.1) is 6.92 Å². The lowest BCUT2D eigenvalue weighted by atomic mass is 10.1. The third kappa shape index (κ3) is 3.98. The highest BCUT2D eigenvalue weighted by molar-refractivity contribution is 6.30. The molecular weight excluding hydrogens is 374 g/mol. The van der Waals surface area contributed by atoms with Crippen molar-refractivity contribution in [1.82, 2.24) is 4.57 Å². The Hall–Kier alpha value is -2.95. The zero-order valence-electron chi connectivity index (χ0n) is 15.7. The number of benzene rings is 3. The predicted molar refractivity (Wildman–Crippen MR) is 115 cm³/mol. The van der Waals surface area contributed by atoms with Gasteiger partial charge < -0.3 is 19.9 Å². The van der Waals surface area contributed by atoms with Gasteiger partial charge in [0.1, 0.15) is 11.5 Å². The molecule has 5 heteroatoms. The van der Waals surface area contributed by atoms with E-state index in [0.29, 0.717) is 10.7 Å². The van der Waals surface area contributed by atoms with Crippen LogP contribution in [0.25, 0.3) is 27.8 Å². The summed E-state index contributed by atoms with van der Waals surface area (Å²) < 4.78 is 1.92. The monoisotopic (exact) mass is 395 g/mol. The number of nitrogens with zero attached hydrogens (tertiary/aromatic N) is 1. The molecule has 1 heterocycles. The van der Waals surface area contributed by atoms with Crippen molar-refractivity contribution in [3.05, 3.63) is 77.3 Å². The molecule has 0 saturated heterocycles. The van der Waals surface area contributed by atoms with E-state index in [0.717, 1.165) is 22.2 Å². The second-order valence-electron chi connectivity index (χ2n) is 6.42. The number of aryl methyl sites for hydroxylation is 1. The van der Waals surface area contributed by atoms with Crippen LogP contribution in [0.15, 0.2) is 66.7 Å². The quantitative estimate of drug-likeness (QED) is 0.409. The van der Waals surface area contributed by atoms with Crippen LogP contribution in [0.5, 0.6) is 11.5 Å². The minimum absolute atomic E-state index is 0.124. The lowest BCUT2D eigenvalue weighted by molar-refractivity contribution is 0.318. The third-order valence-electron chi connectivity index (χ3n) is 4.31. The molecule has 0 spiro atoms. The van der Waals surface area contributed by atoms with E-state index in [4.69, 9.17) is 16.7 Å². The molecule has 0 unspecified atom stereocenters. The minimum Gasteiger partial charge on any atom is -0.508 e. The summed E-state index contributed by atoms with van der Waals surface area (Å²) >= 11 is 6.16. The average Bonchev–Trinajstić information content (AvgIpc) is 3.03. The molecule has 0 aliphatic heterocycles. The fourth-order valence-corrected chi connectivity index (χ4v) is 3.23. The molecule has 0 bridgehead atoms. The molecule has 3 N–H and O–H groups in total. The van der Waals surface area contributed by atoms with Crippen molar-refractivity contribution in [1.29, 1.82) is 0 Å². The van der Waals surface area contributed by atoms with Gasteiger partial charge in [0, 0.05) is 23.1 Å². The highest BCUT2D eigenvalue weighted by Crippen LogP contribution is 2.37. The van der Waals surface area contributed by atoms with Gasteiger partial charge in [-0.05, 0) is 55.8 Å². The number of phenolic OH excluding ortho intramolecular Hbond substituents is 2. The summed E-state index contributed by atoms with van der Waals surface area (Å²) in [6.07, 6.45) is 0. The van der Waals surface area contributed by atoms with Crippen LogP contribution in [0.4, 0.5) is 0 Å². The van der Waals surface area contributed by atoms with Gasteiger partial charge in [0.2, 0.25) is 0 Å². The molecule has 0 saturated carbocycles. The molecule has 28 heavy (non-hydrogen) atoms. The van der Waals surface area contributed by atoms with Crippen molar-refractivity contribution >= 4 is 22.5 Å². The normalized spacial score (nSPS) is 10.6. The van der Waals surface area contributed by atoms with Gasteiger partial charge >= 0.3 is 0 Å². The Morgan fingerprint density at radius 1 is 0.893 bits per heavy atom. The fourth-order valence-electron chi connectivity index (χ4n) is 3.06. The number of halogens is 1. The van der Waals surface area contributed by atoms with Gasteiger partial charge in [-0.1, -0.05) is 41.4 Å². The van der Waals surface area contributed by atoms with Crippen LogP contribution in [0.3, 0.4) is 0 Å². The van der Waals surface area contributed by atoms with E-state index in [9.17, 15) is 10.2 Å². The highest BCUT2D eigenvalue weighted by atomic mass is 35.5. The van der Waals surface area contributed by atoms with Crippen molar-refractivity contribution in [2.45, 2.75) is 13.8 Å². The maximum atomic E-state index is 10.4. The van der Waals surface area contributed by atoms with Crippen molar-refractivity contribution in [3.8, 4) is 28.4 Å². The van der Waals surface area contributed by atoms with E-state index in [-0.39, 0.29) is 18.1 Å². The van der Waals surface area contributed by atoms with E-state index >= 15 is 0 Å². The number of aromatic hydroxyl groups is 2. The lowest BCUT2D eigenvalue weighted by Gasteiger charge is -2.13. The predicted octanol–water partition coefficient (Wildman–Crippen LogP) is 5.67. The third-order valence-corrected chi connectivity index (χ3v) is 4.55. The van der Waals surface area contributed by atoms with Gasteiger partial charge in [-0.3, -0.25) is 0 Å². The van der Waals surface area contributed by atoms with Gasteiger partial charge in [-0.25, -0.2) is 0 Å². The Morgan fingerprint density at radius 3 is 2.25 bits per heavy atom. The topological polar surface area (TPSA) is 65.6 Å². The Bertz CT molecular complexity index is 1100. The second-order valence-corrected chi connectivity index (χ2v) is 6.86. The highest BCUT2D eigenvalue weighted by Gasteiger charge is 2.16. The smallest absolute Gasteiger partial charge is 0.139 e. The van der Waals surface area contributed by atoms with Gasteiger partial charge in [0.05, 0.1) is 16.9 Å². The summed E-state index contributed by atoms with van der Waals surface area (Å²) in [4.78, 5) is 0. The molecule has 0 amide bonds. The number of hydrogen-bond acceptors (Lipinski definition) is 3. The molecule has 4 rings (SSSR count). The van der Waals surface area contributed by atoms with Gasteiger partial charge in [0.15, 0.2) is 0 Å². The molecular formula is C23H22ClNO3. The first-order valence-corrected chi connectivity index (χ1v) is 9.33. The molecule has 0 fully saturated rings. The van der Waals surface area contributed by atoms with Crippen molar-refractivity contribution in [3.63, 3.8) is 0 Å². The van der Waals surface area contributed by atoms with E-state index in [1.807, 2.05) is 47.9 Å². The summed E-state index contributed by atoms with van der Waals surface area (Å²) in [5.74, 6) is 0.294. The first-order chi connectivity index (χ1) is 13.4. The first-order valence-electron chi connectivity index (χ1n) is 8.96. The average molecular weight is 396 g/mol. The van der Waals surface area contributed by atoms with Crippen LogP contribution < -0.4 is 0 Å². The van der Waals surface area contributed by atoms with Crippen LogP contribution in [-0.4, -0.2) is 26.5 Å². The van der Waals surface area contributed by atoms with Crippen molar-refractivity contribution in [2.24, 2.45) is 0 Å². The molecule has 0 radical (unpaired) electrons. The molecule has 3 aromatic carbocycles. The Morgan fingerprint density at radius 2 is 1.57 bits per heavy atom. The number of aliphatic hydroxyl groups is 1. The van der Waals surface area contributed by atoms with Crippen LogP contribution in [0.2, 0.25) is 5.02 Å². The summed E-state index contributed by atoms with van der Waals surface area (Å²) in [6.45, 7) is 3.97. The SMILES string of the molecule is CCO.Cc1ccc(-c2cc3ccc(O)cc3n2-c2cc(Cl)ccc2O)cc1. The Kier molecular flexibility index (Phi) is 5.93. The van der Waals surface area contributed by atoms with Crippen LogP contribution >= 0.6 is 11.6 Å². The van der Waals surface area contributed by atoms with E-state index < -0.39 is 0 Å².